The molecule has 0 bridgehead atoms. The summed E-state index contributed by atoms with van der Waals surface area (Å²) >= 11 is 0. The maximum Gasteiger partial charge on any atom is 0.193 e. The van der Waals surface area contributed by atoms with Crippen LogP contribution in [0, 0.1) is 28.6 Å². The number of Topliss-reactive ketones (excluding diaryl/α,β-unsaturated/α-hetero) is 1. The van der Waals surface area contributed by atoms with E-state index in [1.54, 1.807) is 12.2 Å². The summed E-state index contributed by atoms with van der Waals surface area (Å²) in [4.78, 5) is 25.3. The predicted molar refractivity (Wildman–Crippen MR) is 117 cm³/mol. The largest absolute Gasteiger partial charge is 0.393 e. The summed E-state index contributed by atoms with van der Waals surface area (Å²) in [7, 11) is 0. The highest BCUT2D eigenvalue weighted by Crippen LogP contribution is 2.69. The lowest BCUT2D eigenvalue weighted by Crippen LogP contribution is -2.63. The zero-order chi connectivity index (χ0) is 22.9. The molecule has 5 rings (SSSR count). The summed E-state index contributed by atoms with van der Waals surface area (Å²) < 4.78 is 12.8. The molecule has 6 heteroatoms. The quantitative estimate of drug-likeness (QED) is 0.677. The van der Waals surface area contributed by atoms with Crippen LogP contribution in [0.2, 0.25) is 0 Å². The Morgan fingerprint density at radius 1 is 1.31 bits per heavy atom. The van der Waals surface area contributed by atoms with Gasteiger partial charge in [-0.2, -0.15) is 0 Å². The zero-order valence-electron chi connectivity index (χ0n) is 19.4. The Hall–Kier alpha value is -1.34. The van der Waals surface area contributed by atoms with Gasteiger partial charge in [0.2, 0.25) is 0 Å². The highest BCUT2D eigenvalue weighted by molar-refractivity contribution is 6.01. The van der Waals surface area contributed by atoms with Gasteiger partial charge in [-0.15, -0.1) is 0 Å². The van der Waals surface area contributed by atoms with E-state index in [1.165, 1.54) is 0 Å². The molecule has 4 fully saturated rings. The van der Waals surface area contributed by atoms with Crippen LogP contribution >= 0.6 is 0 Å². The molecule has 4 aliphatic carbocycles. The molecule has 1 saturated heterocycles. The molecule has 1 heterocycles. The molecule has 9 atom stereocenters. The molecule has 6 nitrogen and oxygen atoms in total. The lowest BCUT2D eigenvalue weighted by Gasteiger charge is -2.59. The van der Waals surface area contributed by atoms with Crippen LogP contribution in [0.1, 0.15) is 65.7 Å². The first-order valence-electron chi connectivity index (χ1n) is 12.3. The molecule has 0 spiro atoms. The Labute approximate surface area is 190 Å². The first-order valence-corrected chi connectivity index (χ1v) is 12.3. The van der Waals surface area contributed by atoms with E-state index in [0.717, 1.165) is 37.7 Å². The Kier molecular flexibility index (Phi) is 5.32. The summed E-state index contributed by atoms with van der Waals surface area (Å²) in [5, 5.41) is 21.5. The summed E-state index contributed by atoms with van der Waals surface area (Å²) in [6.07, 6.45) is 9.44. The molecule has 1 aliphatic heterocycles. The number of ketones is 2. The molecular formula is C26H36O6. The van der Waals surface area contributed by atoms with Gasteiger partial charge in [-0.25, -0.2) is 0 Å². The van der Waals surface area contributed by atoms with E-state index in [-0.39, 0.29) is 34.7 Å². The Morgan fingerprint density at radius 3 is 2.81 bits per heavy atom. The second kappa shape index (κ2) is 7.59. The number of aliphatic hydroxyl groups excluding tert-OH is 2. The highest BCUT2D eigenvalue weighted by Gasteiger charge is 2.75. The van der Waals surface area contributed by atoms with Gasteiger partial charge in [0.1, 0.15) is 6.61 Å². The van der Waals surface area contributed by atoms with Gasteiger partial charge in [-0.3, -0.25) is 9.59 Å². The first-order chi connectivity index (χ1) is 15.2. The van der Waals surface area contributed by atoms with Crippen molar-refractivity contribution in [1.29, 1.82) is 0 Å². The van der Waals surface area contributed by atoms with Crippen molar-refractivity contribution >= 4 is 11.6 Å². The zero-order valence-corrected chi connectivity index (χ0v) is 19.4. The Bertz CT molecular complexity index is 878. The molecule has 32 heavy (non-hydrogen) atoms. The van der Waals surface area contributed by atoms with E-state index < -0.39 is 36.1 Å². The predicted octanol–water partition coefficient (Wildman–Crippen LogP) is 3.11. The van der Waals surface area contributed by atoms with Crippen LogP contribution in [-0.2, 0) is 19.1 Å². The van der Waals surface area contributed by atoms with Crippen molar-refractivity contribution in [2.45, 2.75) is 89.8 Å². The van der Waals surface area contributed by atoms with Crippen molar-refractivity contribution in [3.05, 3.63) is 23.8 Å². The van der Waals surface area contributed by atoms with E-state index in [9.17, 15) is 19.8 Å². The third-order valence-corrected chi connectivity index (χ3v) is 9.64. The van der Waals surface area contributed by atoms with E-state index >= 15 is 0 Å². The van der Waals surface area contributed by atoms with E-state index in [0.29, 0.717) is 12.8 Å². The second-order valence-electron chi connectivity index (χ2n) is 11.1. The van der Waals surface area contributed by atoms with Crippen LogP contribution in [0.25, 0.3) is 0 Å². The average molecular weight is 445 g/mol. The molecule has 1 unspecified atom stereocenters. The SMILES string of the molecule is CCCCC1O[C@@H]2C[C@H]3[C@@H]4CCC5=CC(=O)C=C[C@]5(C)[C@H]4[C@@H](O)C[C@]3(C)[C@]2(C(=O)CO)O1. The Balaban J connectivity index is 1.53. The smallest absolute Gasteiger partial charge is 0.193 e. The highest BCUT2D eigenvalue weighted by atomic mass is 16.7. The van der Waals surface area contributed by atoms with E-state index in [2.05, 4.69) is 20.8 Å². The number of hydrogen-bond acceptors (Lipinski definition) is 6. The number of rotatable bonds is 5. The number of fused-ring (bicyclic) bond motifs is 7. The van der Waals surface area contributed by atoms with Gasteiger partial charge >= 0.3 is 0 Å². The lowest BCUT2D eigenvalue weighted by atomic mass is 9.46. The summed E-state index contributed by atoms with van der Waals surface area (Å²) in [5.74, 6) is 0.0321. The number of carbonyl (C=O) groups is 2. The minimum atomic E-state index is -1.20. The maximum atomic E-state index is 13.3. The van der Waals surface area contributed by atoms with Gasteiger partial charge in [-0.05, 0) is 62.5 Å². The molecule has 5 aliphatic rings. The topological polar surface area (TPSA) is 93.1 Å². The van der Waals surface area contributed by atoms with Crippen molar-refractivity contribution < 1.29 is 29.3 Å². The van der Waals surface area contributed by atoms with Crippen LogP contribution in [0.4, 0.5) is 0 Å². The number of aliphatic hydroxyl groups is 2. The molecule has 2 N–H and O–H groups in total. The monoisotopic (exact) mass is 444 g/mol. The van der Waals surface area contributed by atoms with Gasteiger partial charge in [0.25, 0.3) is 0 Å². The van der Waals surface area contributed by atoms with Crippen LogP contribution in [0.5, 0.6) is 0 Å². The number of ether oxygens (including phenoxy) is 2. The van der Waals surface area contributed by atoms with Gasteiger partial charge in [0.15, 0.2) is 23.5 Å². The van der Waals surface area contributed by atoms with Crippen molar-refractivity contribution in [3.8, 4) is 0 Å². The van der Waals surface area contributed by atoms with Gasteiger partial charge in [0.05, 0.1) is 12.2 Å². The van der Waals surface area contributed by atoms with Crippen LogP contribution in [0.3, 0.4) is 0 Å². The summed E-state index contributed by atoms with van der Waals surface area (Å²) in [6, 6.07) is 0. The lowest BCUT2D eigenvalue weighted by molar-refractivity contribution is -0.200. The first kappa shape index (κ1) is 22.5. The van der Waals surface area contributed by atoms with Crippen LogP contribution in [-0.4, -0.2) is 52.5 Å². The summed E-state index contributed by atoms with van der Waals surface area (Å²) in [6.45, 7) is 5.74. The molecule has 0 aromatic carbocycles. The molecular weight excluding hydrogens is 408 g/mol. The molecule has 0 amide bonds. The van der Waals surface area contributed by atoms with Crippen LogP contribution < -0.4 is 0 Å². The standard InChI is InChI=1S/C26H36O6/c1-4-5-6-22-31-21-12-18-17-8-7-15-11-16(28)9-10-24(15,2)23(17)19(29)13-25(18,3)26(21,32-22)20(30)14-27/h9-11,17-19,21-23,27,29H,4-8,12-14H2,1-3H3/t17-,18-,19-,21+,22?,23+,24-,25-,26+/m0/s1. The minimum absolute atomic E-state index is 0.0130. The Morgan fingerprint density at radius 2 is 2.09 bits per heavy atom. The van der Waals surface area contributed by atoms with Crippen molar-refractivity contribution in [3.63, 3.8) is 0 Å². The van der Waals surface area contributed by atoms with Gasteiger partial charge in [0, 0.05) is 16.7 Å². The normalized spacial score (nSPS) is 49.2. The van der Waals surface area contributed by atoms with Crippen molar-refractivity contribution in [1.82, 2.24) is 0 Å². The number of hydrogen-bond donors (Lipinski definition) is 2. The second-order valence-corrected chi connectivity index (χ2v) is 11.1. The van der Waals surface area contributed by atoms with Crippen molar-refractivity contribution in [2.24, 2.45) is 28.6 Å². The molecule has 0 aromatic heterocycles. The fraction of sp³-hybridized carbons (Fsp3) is 0.769. The molecule has 176 valence electrons. The molecule has 3 saturated carbocycles. The van der Waals surface area contributed by atoms with Crippen LogP contribution in [0.15, 0.2) is 23.8 Å². The third kappa shape index (κ3) is 2.79. The number of allylic oxidation sites excluding steroid dienone is 4. The fourth-order valence-corrected chi connectivity index (χ4v) is 8.26. The molecule has 0 aromatic rings. The third-order valence-electron chi connectivity index (χ3n) is 9.64. The van der Waals surface area contributed by atoms with Crippen molar-refractivity contribution in [2.75, 3.05) is 6.61 Å². The maximum absolute atomic E-state index is 13.3. The van der Waals surface area contributed by atoms with E-state index in [1.807, 2.05) is 6.08 Å². The number of unbranched alkanes of at least 4 members (excludes halogenated alkanes) is 1. The number of carbonyl (C=O) groups excluding carboxylic acids is 2. The molecule has 0 radical (unpaired) electrons. The average Bonchev–Trinajstić information content (AvgIpc) is 3.24. The minimum Gasteiger partial charge on any atom is -0.393 e. The van der Waals surface area contributed by atoms with E-state index in [4.69, 9.17) is 9.47 Å². The summed E-state index contributed by atoms with van der Waals surface area (Å²) in [5.41, 5.74) is -1.05. The van der Waals surface area contributed by atoms with Gasteiger partial charge in [-0.1, -0.05) is 38.8 Å². The fourth-order valence-electron chi connectivity index (χ4n) is 8.26. The van der Waals surface area contributed by atoms with Gasteiger partial charge < -0.3 is 19.7 Å².